The van der Waals surface area contributed by atoms with Crippen molar-refractivity contribution in [1.29, 1.82) is 0 Å². The number of thiophene rings is 1. The van der Waals surface area contributed by atoms with Crippen molar-refractivity contribution in [2.24, 2.45) is 11.8 Å². The molecule has 1 aromatic heterocycles. The minimum atomic E-state index is -3.87. The Kier molecular flexibility index (Phi) is 7.98. The van der Waals surface area contributed by atoms with Crippen molar-refractivity contribution in [3.8, 4) is 0 Å². The van der Waals surface area contributed by atoms with E-state index in [0.29, 0.717) is 73.0 Å². The zero-order valence-corrected chi connectivity index (χ0v) is 24.4. The molecule has 14 heteroatoms. The maximum atomic E-state index is 13.3. The van der Waals surface area contributed by atoms with E-state index >= 15 is 0 Å². The Hall–Kier alpha value is -1.51. The second-order valence-corrected chi connectivity index (χ2v) is 16.5. The van der Waals surface area contributed by atoms with Crippen LogP contribution in [-0.2, 0) is 29.4 Å². The average molecular weight is 605 g/mol. The molecule has 4 aliphatic rings. The standard InChI is InChI=1S/C24H33ClN4O6S3/c1-37(32,33)18-6-9-27(13-18)14-21-19-11-16(19)12-29(21)23(30)15-28-8-2-3-20(24(28)31)26-38(34,35)10-7-17-4-5-22(25)36-17/h4-5,7,10,16,18-21,26H,2-3,6,8-9,11-15H2,1H3/b10-7+/t16-,18?,19?,20-,21+/m0/s1. The summed E-state index contributed by atoms with van der Waals surface area (Å²) < 4.78 is 52.1. The van der Waals surface area contributed by atoms with Crippen molar-refractivity contribution < 1.29 is 26.4 Å². The van der Waals surface area contributed by atoms with Gasteiger partial charge in [0.05, 0.1) is 16.1 Å². The molecule has 1 saturated carbocycles. The molecule has 10 nitrogen and oxygen atoms in total. The Morgan fingerprint density at radius 2 is 1.97 bits per heavy atom. The molecule has 2 amide bonds. The lowest BCUT2D eigenvalue weighted by Crippen LogP contribution is -2.55. The van der Waals surface area contributed by atoms with Crippen LogP contribution in [0.1, 0.15) is 30.6 Å². The van der Waals surface area contributed by atoms with Crippen LogP contribution in [-0.4, -0.2) is 106 Å². The predicted octanol–water partition coefficient (Wildman–Crippen LogP) is 1.25. The van der Waals surface area contributed by atoms with Gasteiger partial charge in [-0.1, -0.05) is 11.6 Å². The highest BCUT2D eigenvalue weighted by atomic mass is 35.5. The molecule has 0 bridgehead atoms. The van der Waals surface area contributed by atoms with Crippen LogP contribution in [0.25, 0.3) is 6.08 Å². The highest BCUT2D eigenvalue weighted by molar-refractivity contribution is 7.92. The maximum absolute atomic E-state index is 13.3. The normalized spacial score (nSPS) is 30.4. The summed E-state index contributed by atoms with van der Waals surface area (Å²) in [5.74, 6) is 0.376. The summed E-state index contributed by atoms with van der Waals surface area (Å²) in [4.78, 5) is 32.6. The van der Waals surface area contributed by atoms with Crippen LogP contribution in [0.15, 0.2) is 17.5 Å². The van der Waals surface area contributed by atoms with E-state index in [1.807, 2.05) is 4.90 Å². The van der Waals surface area contributed by atoms with Gasteiger partial charge < -0.3 is 9.80 Å². The number of halogens is 1. The van der Waals surface area contributed by atoms with Gasteiger partial charge in [0.15, 0.2) is 9.84 Å². The highest BCUT2D eigenvalue weighted by Gasteiger charge is 2.54. The van der Waals surface area contributed by atoms with E-state index in [1.165, 1.54) is 28.6 Å². The molecule has 2 unspecified atom stereocenters. The fourth-order valence-corrected chi connectivity index (χ4v) is 9.03. The van der Waals surface area contributed by atoms with Crippen molar-refractivity contribution >= 4 is 60.7 Å². The molecule has 0 radical (unpaired) electrons. The largest absolute Gasteiger partial charge is 0.336 e. The van der Waals surface area contributed by atoms with E-state index in [0.717, 1.165) is 11.8 Å². The topological polar surface area (TPSA) is 124 Å². The van der Waals surface area contributed by atoms with Crippen molar-refractivity contribution in [2.45, 2.75) is 43.0 Å². The molecule has 0 spiro atoms. The number of sulfone groups is 1. The molecule has 1 N–H and O–H groups in total. The number of piperidine rings is 2. The minimum Gasteiger partial charge on any atom is -0.336 e. The molecule has 5 rings (SSSR count). The Labute approximate surface area is 232 Å². The summed E-state index contributed by atoms with van der Waals surface area (Å²) in [5.41, 5.74) is 0. The van der Waals surface area contributed by atoms with E-state index in [9.17, 15) is 26.4 Å². The van der Waals surface area contributed by atoms with Crippen LogP contribution < -0.4 is 4.72 Å². The number of carbonyl (C=O) groups excluding carboxylic acids is 2. The molecule has 4 fully saturated rings. The van der Waals surface area contributed by atoms with Gasteiger partial charge in [0.1, 0.15) is 6.04 Å². The quantitative estimate of drug-likeness (QED) is 0.450. The molecular formula is C24H33ClN4O6S3. The number of hydrogen-bond acceptors (Lipinski definition) is 8. The first-order chi connectivity index (χ1) is 17.9. The average Bonchev–Trinajstić information content (AvgIpc) is 3.14. The van der Waals surface area contributed by atoms with Crippen molar-refractivity contribution in [3.63, 3.8) is 0 Å². The van der Waals surface area contributed by atoms with Crippen LogP contribution in [0.2, 0.25) is 4.34 Å². The van der Waals surface area contributed by atoms with Crippen LogP contribution in [0.3, 0.4) is 0 Å². The van der Waals surface area contributed by atoms with Crippen LogP contribution >= 0.6 is 22.9 Å². The Balaban J connectivity index is 1.17. The molecule has 4 heterocycles. The second-order valence-electron chi connectivity index (χ2n) is 10.8. The third-order valence-electron chi connectivity index (χ3n) is 8.07. The molecule has 38 heavy (non-hydrogen) atoms. The van der Waals surface area contributed by atoms with E-state index in [4.69, 9.17) is 11.6 Å². The highest BCUT2D eigenvalue weighted by Crippen LogP contribution is 2.50. The predicted molar refractivity (Wildman–Crippen MR) is 147 cm³/mol. The Morgan fingerprint density at radius 1 is 1.18 bits per heavy atom. The van der Waals surface area contributed by atoms with Gasteiger partial charge in [-0.15, -0.1) is 11.3 Å². The van der Waals surface area contributed by atoms with Gasteiger partial charge >= 0.3 is 0 Å². The van der Waals surface area contributed by atoms with Crippen LogP contribution in [0.5, 0.6) is 0 Å². The van der Waals surface area contributed by atoms with Gasteiger partial charge in [-0.25, -0.2) is 16.8 Å². The Morgan fingerprint density at radius 3 is 2.66 bits per heavy atom. The van der Waals surface area contributed by atoms with E-state index < -0.39 is 31.8 Å². The van der Waals surface area contributed by atoms with E-state index in [1.54, 1.807) is 12.1 Å². The number of nitrogens with one attached hydrogen (secondary N) is 1. The van der Waals surface area contributed by atoms with Crippen molar-refractivity contribution in [1.82, 2.24) is 19.4 Å². The summed E-state index contributed by atoms with van der Waals surface area (Å²) in [6.45, 7) is 2.83. The fourth-order valence-electron chi connectivity index (χ4n) is 5.94. The molecular weight excluding hydrogens is 572 g/mol. The number of amides is 2. The lowest BCUT2D eigenvalue weighted by atomic mass is 10.1. The summed E-state index contributed by atoms with van der Waals surface area (Å²) in [6.07, 6.45) is 5.37. The zero-order chi connectivity index (χ0) is 27.2. The van der Waals surface area contributed by atoms with Crippen molar-refractivity contribution in [3.05, 3.63) is 26.8 Å². The summed E-state index contributed by atoms with van der Waals surface area (Å²) in [7, 11) is -6.95. The molecule has 3 aliphatic heterocycles. The lowest BCUT2D eigenvalue weighted by molar-refractivity contribution is -0.144. The number of nitrogens with zero attached hydrogens (tertiary/aromatic N) is 3. The van der Waals surface area contributed by atoms with Gasteiger partial charge in [0, 0.05) is 48.8 Å². The van der Waals surface area contributed by atoms with Gasteiger partial charge in [0.2, 0.25) is 21.8 Å². The fraction of sp³-hybridized carbons (Fsp3) is 0.667. The smallest absolute Gasteiger partial charge is 0.242 e. The molecule has 210 valence electrons. The number of hydrogen-bond donors (Lipinski definition) is 1. The number of rotatable bonds is 9. The third kappa shape index (κ3) is 6.44. The van der Waals surface area contributed by atoms with E-state index in [-0.39, 0.29) is 23.7 Å². The first-order valence-electron chi connectivity index (χ1n) is 12.8. The number of fused-ring (bicyclic) bond motifs is 1. The monoisotopic (exact) mass is 604 g/mol. The van der Waals surface area contributed by atoms with Gasteiger partial charge in [-0.05, 0) is 62.3 Å². The Bertz CT molecular complexity index is 1330. The van der Waals surface area contributed by atoms with Crippen LogP contribution in [0.4, 0.5) is 0 Å². The van der Waals surface area contributed by atoms with Gasteiger partial charge in [0.25, 0.3) is 0 Å². The number of carbonyl (C=O) groups is 2. The first-order valence-corrected chi connectivity index (χ1v) is 17.5. The molecule has 0 aromatic carbocycles. The first kappa shape index (κ1) is 28.0. The molecule has 1 aromatic rings. The summed E-state index contributed by atoms with van der Waals surface area (Å²) in [5, 5.41) is 0.674. The molecule has 3 saturated heterocycles. The minimum absolute atomic E-state index is 0.0240. The summed E-state index contributed by atoms with van der Waals surface area (Å²) >= 11 is 7.14. The lowest BCUT2D eigenvalue weighted by Gasteiger charge is -2.35. The number of likely N-dealkylation sites (tertiary alicyclic amines) is 3. The summed E-state index contributed by atoms with van der Waals surface area (Å²) in [6, 6.07) is 2.49. The van der Waals surface area contributed by atoms with Crippen LogP contribution in [0, 0.1) is 11.8 Å². The second kappa shape index (κ2) is 10.8. The van der Waals surface area contributed by atoms with Gasteiger partial charge in [-0.2, -0.15) is 4.72 Å². The number of sulfonamides is 1. The molecule has 1 aliphatic carbocycles. The maximum Gasteiger partial charge on any atom is 0.242 e. The van der Waals surface area contributed by atoms with Crippen molar-refractivity contribution in [2.75, 3.05) is 45.5 Å². The third-order valence-corrected chi connectivity index (χ3v) is 12.0. The zero-order valence-electron chi connectivity index (χ0n) is 21.2. The molecule has 5 atom stereocenters. The van der Waals surface area contributed by atoms with E-state index in [2.05, 4.69) is 9.62 Å². The van der Waals surface area contributed by atoms with Gasteiger partial charge in [-0.3, -0.25) is 14.5 Å². The SMILES string of the molecule is CS(=O)(=O)C1CCN(C[C@@H]2C3C[C@H]3CN2C(=O)CN2CCC[C@H](NS(=O)(=O)/C=C/c3ccc(Cl)s3)C2=O)C1.